The molecule has 0 aliphatic carbocycles. The Bertz CT molecular complexity index is 680. The minimum Gasteiger partial charge on any atom is -0.324 e. The molecule has 3 rings (SSSR count). The number of nitrogens with two attached hydrogens (primary N) is 1. The number of nitrogens with zero attached hydrogens (tertiary/aromatic N) is 2. The van der Waals surface area contributed by atoms with Crippen LogP contribution in [-0.4, -0.2) is 9.97 Å². The van der Waals surface area contributed by atoms with Crippen LogP contribution in [0.4, 0.5) is 0 Å². The van der Waals surface area contributed by atoms with Gasteiger partial charge in [-0.2, -0.15) is 0 Å². The zero-order chi connectivity index (χ0) is 13.1. The molecule has 2 heterocycles. The Morgan fingerprint density at radius 1 is 1.00 bits per heavy atom. The summed E-state index contributed by atoms with van der Waals surface area (Å²) in [5.74, 6) is 0. The van der Waals surface area contributed by atoms with Crippen LogP contribution in [0.25, 0.3) is 10.9 Å². The molecule has 1 aromatic carbocycles. The van der Waals surface area contributed by atoms with E-state index >= 15 is 0 Å². The molecular weight excluding hydrogens is 234 g/mol. The summed E-state index contributed by atoms with van der Waals surface area (Å²) in [4.78, 5) is 8.38. The van der Waals surface area contributed by atoms with Gasteiger partial charge in [0.25, 0.3) is 0 Å². The third-order valence-electron chi connectivity index (χ3n) is 3.26. The Hall–Kier alpha value is -2.26. The van der Waals surface area contributed by atoms with E-state index in [-0.39, 0.29) is 6.04 Å². The molecule has 0 fully saturated rings. The number of aromatic nitrogens is 2. The predicted octanol–water partition coefficient (Wildman–Crippen LogP) is 2.87. The fourth-order valence-corrected chi connectivity index (χ4v) is 2.20. The molecule has 0 bridgehead atoms. The van der Waals surface area contributed by atoms with Crippen LogP contribution in [0, 0.1) is 0 Å². The molecule has 3 aromatic rings. The standard InChI is InChI=1S/C16H15N3/c17-15(10-12-5-8-18-9-6-12)14-4-3-13-2-1-7-19-16(13)11-14/h1-9,11,15H,10,17H2. The van der Waals surface area contributed by atoms with Crippen molar-refractivity contribution in [2.24, 2.45) is 5.73 Å². The number of benzene rings is 1. The van der Waals surface area contributed by atoms with Crippen molar-refractivity contribution in [2.75, 3.05) is 0 Å². The molecule has 0 aliphatic heterocycles. The Morgan fingerprint density at radius 3 is 2.68 bits per heavy atom. The monoisotopic (exact) mass is 249 g/mol. The first-order chi connectivity index (χ1) is 9.33. The highest BCUT2D eigenvalue weighted by molar-refractivity contribution is 5.78. The fraction of sp³-hybridized carbons (Fsp3) is 0.125. The molecule has 19 heavy (non-hydrogen) atoms. The molecular formula is C16H15N3. The zero-order valence-corrected chi connectivity index (χ0v) is 10.5. The van der Waals surface area contributed by atoms with Crippen LogP contribution in [0.5, 0.6) is 0 Å². The van der Waals surface area contributed by atoms with Crippen LogP contribution >= 0.6 is 0 Å². The van der Waals surface area contributed by atoms with Crippen molar-refractivity contribution in [3.05, 3.63) is 72.2 Å². The van der Waals surface area contributed by atoms with Crippen molar-refractivity contribution in [2.45, 2.75) is 12.5 Å². The smallest absolute Gasteiger partial charge is 0.0705 e. The maximum Gasteiger partial charge on any atom is 0.0705 e. The Labute approximate surface area is 112 Å². The average molecular weight is 249 g/mol. The molecule has 0 saturated heterocycles. The summed E-state index contributed by atoms with van der Waals surface area (Å²) in [6, 6.07) is 14.2. The van der Waals surface area contributed by atoms with Crippen LogP contribution in [0.15, 0.2) is 61.1 Å². The number of hydrogen-bond donors (Lipinski definition) is 1. The minimum absolute atomic E-state index is 0.0196. The van der Waals surface area contributed by atoms with Crippen LogP contribution in [0.1, 0.15) is 17.2 Å². The summed E-state index contributed by atoms with van der Waals surface area (Å²) in [6.07, 6.45) is 6.20. The fourth-order valence-electron chi connectivity index (χ4n) is 2.20. The minimum atomic E-state index is -0.0196. The van der Waals surface area contributed by atoms with Crippen molar-refractivity contribution in [3.8, 4) is 0 Å². The second-order valence-electron chi connectivity index (χ2n) is 4.62. The summed E-state index contributed by atoms with van der Waals surface area (Å²) in [5.41, 5.74) is 9.57. The lowest BCUT2D eigenvalue weighted by molar-refractivity contribution is 0.722. The molecule has 0 spiro atoms. The summed E-state index contributed by atoms with van der Waals surface area (Å²) >= 11 is 0. The highest BCUT2D eigenvalue weighted by Crippen LogP contribution is 2.20. The van der Waals surface area contributed by atoms with E-state index in [0.717, 1.165) is 22.9 Å². The second-order valence-corrected chi connectivity index (χ2v) is 4.62. The van der Waals surface area contributed by atoms with Crippen molar-refractivity contribution < 1.29 is 0 Å². The lowest BCUT2D eigenvalue weighted by Crippen LogP contribution is -2.13. The molecule has 1 unspecified atom stereocenters. The van der Waals surface area contributed by atoms with Gasteiger partial charge in [0.05, 0.1) is 5.52 Å². The molecule has 0 radical (unpaired) electrons. The Kier molecular flexibility index (Phi) is 3.21. The van der Waals surface area contributed by atoms with Gasteiger partial charge in [0, 0.05) is 30.0 Å². The van der Waals surface area contributed by atoms with Crippen molar-refractivity contribution in [1.29, 1.82) is 0 Å². The van der Waals surface area contributed by atoms with Gasteiger partial charge >= 0.3 is 0 Å². The summed E-state index contributed by atoms with van der Waals surface area (Å²) in [5, 5.41) is 1.14. The highest BCUT2D eigenvalue weighted by atomic mass is 14.7. The van der Waals surface area contributed by atoms with Crippen LogP contribution in [0.3, 0.4) is 0 Å². The first-order valence-corrected chi connectivity index (χ1v) is 6.32. The average Bonchev–Trinajstić information content (AvgIpc) is 2.48. The van der Waals surface area contributed by atoms with Gasteiger partial charge in [0.1, 0.15) is 0 Å². The molecule has 0 aliphatic rings. The van der Waals surface area contributed by atoms with Gasteiger partial charge in [-0.15, -0.1) is 0 Å². The van der Waals surface area contributed by atoms with Gasteiger partial charge in [-0.25, -0.2) is 0 Å². The largest absolute Gasteiger partial charge is 0.324 e. The van der Waals surface area contributed by atoms with Gasteiger partial charge in [-0.1, -0.05) is 18.2 Å². The third-order valence-corrected chi connectivity index (χ3v) is 3.26. The van der Waals surface area contributed by atoms with Gasteiger partial charge in [0.2, 0.25) is 0 Å². The van der Waals surface area contributed by atoms with Crippen LogP contribution < -0.4 is 5.73 Å². The van der Waals surface area contributed by atoms with E-state index in [2.05, 4.69) is 34.2 Å². The predicted molar refractivity (Wildman–Crippen MR) is 76.6 cm³/mol. The molecule has 1 atom stereocenters. The molecule has 2 N–H and O–H groups in total. The highest BCUT2D eigenvalue weighted by Gasteiger charge is 2.08. The SMILES string of the molecule is NC(Cc1ccncc1)c1ccc2cccnc2c1. The summed E-state index contributed by atoms with van der Waals surface area (Å²) < 4.78 is 0. The molecule has 3 nitrogen and oxygen atoms in total. The quantitative estimate of drug-likeness (QED) is 0.776. The van der Waals surface area contributed by atoms with Gasteiger partial charge < -0.3 is 5.73 Å². The Balaban J connectivity index is 1.87. The summed E-state index contributed by atoms with van der Waals surface area (Å²) in [6.45, 7) is 0. The molecule has 0 saturated carbocycles. The van der Waals surface area contributed by atoms with Gasteiger partial charge in [-0.05, 0) is 41.8 Å². The first-order valence-electron chi connectivity index (χ1n) is 6.32. The lowest BCUT2D eigenvalue weighted by atomic mass is 9.99. The topological polar surface area (TPSA) is 51.8 Å². The van der Waals surface area contributed by atoms with Crippen LogP contribution in [0.2, 0.25) is 0 Å². The summed E-state index contributed by atoms with van der Waals surface area (Å²) in [7, 11) is 0. The number of fused-ring (bicyclic) bond motifs is 1. The van der Waals surface area contributed by atoms with E-state index in [9.17, 15) is 0 Å². The van der Waals surface area contributed by atoms with E-state index < -0.39 is 0 Å². The van der Waals surface area contributed by atoms with E-state index in [1.54, 1.807) is 18.6 Å². The molecule has 3 heteroatoms. The maximum absolute atomic E-state index is 6.27. The molecule has 2 aromatic heterocycles. The van der Waals surface area contributed by atoms with E-state index in [1.807, 2.05) is 18.2 Å². The number of hydrogen-bond acceptors (Lipinski definition) is 3. The maximum atomic E-state index is 6.27. The van der Waals surface area contributed by atoms with Crippen LogP contribution in [-0.2, 0) is 6.42 Å². The number of rotatable bonds is 3. The van der Waals surface area contributed by atoms with Gasteiger partial charge in [0.15, 0.2) is 0 Å². The first kappa shape index (κ1) is 11.8. The second kappa shape index (κ2) is 5.16. The van der Waals surface area contributed by atoms with Crippen molar-refractivity contribution in [1.82, 2.24) is 9.97 Å². The van der Waals surface area contributed by atoms with E-state index in [0.29, 0.717) is 0 Å². The Morgan fingerprint density at radius 2 is 1.84 bits per heavy atom. The van der Waals surface area contributed by atoms with Gasteiger partial charge in [-0.3, -0.25) is 9.97 Å². The normalized spacial score (nSPS) is 12.5. The molecule has 0 amide bonds. The molecule has 94 valence electrons. The third kappa shape index (κ3) is 2.61. The van der Waals surface area contributed by atoms with E-state index in [1.165, 1.54) is 5.56 Å². The number of pyridine rings is 2. The van der Waals surface area contributed by atoms with Crippen molar-refractivity contribution >= 4 is 10.9 Å². The lowest BCUT2D eigenvalue weighted by Gasteiger charge is -2.12. The van der Waals surface area contributed by atoms with E-state index in [4.69, 9.17) is 5.73 Å². The zero-order valence-electron chi connectivity index (χ0n) is 10.5. The van der Waals surface area contributed by atoms with Crippen molar-refractivity contribution in [3.63, 3.8) is 0 Å².